The van der Waals surface area contributed by atoms with E-state index in [1.165, 1.54) is 6.33 Å². The van der Waals surface area contributed by atoms with Gasteiger partial charge < -0.3 is 10.2 Å². The van der Waals surface area contributed by atoms with E-state index in [9.17, 15) is 4.79 Å². The number of aromatic nitrogens is 4. The van der Waals surface area contributed by atoms with E-state index in [-0.39, 0.29) is 5.91 Å². The lowest BCUT2D eigenvalue weighted by molar-refractivity contribution is -0.116. The van der Waals surface area contributed by atoms with Crippen LogP contribution in [0, 0.1) is 20.8 Å². The van der Waals surface area contributed by atoms with E-state index < -0.39 is 0 Å². The third-order valence-corrected chi connectivity index (χ3v) is 5.05. The van der Waals surface area contributed by atoms with Crippen molar-refractivity contribution in [1.82, 2.24) is 19.7 Å². The molecule has 0 fully saturated rings. The van der Waals surface area contributed by atoms with Crippen LogP contribution in [0.5, 0.6) is 0 Å². The Morgan fingerprint density at radius 3 is 2.62 bits per heavy atom. The second-order valence-corrected chi connectivity index (χ2v) is 7.63. The Balaban J connectivity index is 1.74. The van der Waals surface area contributed by atoms with Gasteiger partial charge in [0.15, 0.2) is 5.82 Å². The van der Waals surface area contributed by atoms with Crippen molar-refractivity contribution in [2.45, 2.75) is 33.6 Å². The molecule has 8 heteroatoms. The summed E-state index contributed by atoms with van der Waals surface area (Å²) in [5.41, 5.74) is 4.63. The fourth-order valence-corrected chi connectivity index (χ4v) is 3.40. The van der Waals surface area contributed by atoms with Crippen LogP contribution >= 0.6 is 11.6 Å². The lowest BCUT2D eigenvalue weighted by Gasteiger charge is -2.12. The van der Waals surface area contributed by atoms with Crippen LogP contribution in [0.15, 0.2) is 30.6 Å². The molecule has 0 aliphatic heterocycles. The molecule has 0 unspecified atom stereocenters. The first-order valence-electron chi connectivity index (χ1n) is 9.37. The third kappa shape index (κ3) is 4.74. The molecule has 29 heavy (non-hydrogen) atoms. The molecule has 3 aromatic rings. The molecule has 2 heterocycles. The number of aryl methyl sites for hydroxylation is 2. The van der Waals surface area contributed by atoms with Gasteiger partial charge in [-0.3, -0.25) is 4.79 Å². The molecule has 0 spiro atoms. The van der Waals surface area contributed by atoms with E-state index in [1.54, 1.807) is 10.7 Å². The van der Waals surface area contributed by atoms with Crippen LogP contribution in [-0.4, -0.2) is 39.8 Å². The number of carbonyl (C=O) groups is 1. The predicted octanol–water partition coefficient (Wildman–Crippen LogP) is 3.88. The number of halogens is 1. The lowest BCUT2D eigenvalue weighted by Crippen LogP contribution is -2.14. The third-order valence-electron chi connectivity index (χ3n) is 4.82. The van der Waals surface area contributed by atoms with E-state index in [1.807, 2.05) is 58.0 Å². The molecule has 0 aliphatic carbocycles. The summed E-state index contributed by atoms with van der Waals surface area (Å²) in [4.78, 5) is 23.0. The molecule has 0 bridgehead atoms. The highest BCUT2D eigenvalue weighted by atomic mass is 35.5. The number of hydrogen-bond acceptors (Lipinski definition) is 5. The summed E-state index contributed by atoms with van der Waals surface area (Å²) in [5.74, 6) is 1.47. The largest absolute Gasteiger partial charge is 0.363 e. The van der Waals surface area contributed by atoms with Crippen LogP contribution in [0.2, 0.25) is 5.02 Å². The van der Waals surface area contributed by atoms with Crippen LogP contribution in [0.1, 0.15) is 28.9 Å². The van der Waals surface area contributed by atoms with Crippen LogP contribution in [-0.2, 0) is 11.2 Å². The first-order valence-corrected chi connectivity index (χ1v) is 9.75. The highest BCUT2D eigenvalue weighted by Gasteiger charge is 2.16. The van der Waals surface area contributed by atoms with Gasteiger partial charge >= 0.3 is 0 Å². The number of carbonyl (C=O) groups excluding carboxylic acids is 1. The molecular formula is C21H25ClN6O. The van der Waals surface area contributed by atoms with Crippen molar-refractivity contribution in [3.63, 3.8) is 0 Å². The minimum Gasteiger partial charge on any atom is -0.363 e. The van der Waals surface area contributed by atoms with E-state index in [2.05, 4.69) is 20.4 Å². The maximum atomic E-state index is 12.4. The monoisotopic (exact) mass is 412 g/mol. The average molecular weight is 413 g/mol. The summed E-state index contributed by atoms with van der Waals surface area (Å²) in [6, 6.07) is 7.31. The van der Waals surface area contributed by atoms with E-state index in [0.29, 0.717) is 23.7 Å². The number of rotatable bonds is 6. The van der Waals surface area contributed by atoms with Gasteiger partial charge in [-0.1, -0.05) is 11.6 Å². The number of anilines is 2. The second kappa shape index (κ2) is 8.61. The highest BCUT2D eigenvalue weighted by molar-refractivity contribution is 6.30. The summed E-state index contributed by atoms with van der Waals surface area (Å²) in [6.07, 6.45) is 2.49. The summed E-state index contributed by atoms with van der Waals surface area (Å²) in [5, 5.41) is 8.24. The quantitative estimate of drug-likeness (QED) is 0.664. The van der Waals surface area contributed by atoms with Crippen molar-refractivity contribution in [3.05, 3.63) is 58.1 Å². The van der Waals surface area contributed by atoms with Crippen molar-refractivity contribution >= 4 is 29.0 Å². The Bertz CT molecular complexity index is 1040. The molecule has 1 aromatic carbocycles. The van der Waals surface area contributed by atoms with Gasteiger partial charge in [0, 0.05) is 43.0 Å². The number of hydrogen-bond donors (Lipinski definition) is 1. The Labute approximate surface area is 175 Å². The van der Waals surface area contributed by atoms with Crippen LogP contribution < -0.4 is 10.2 Å². The van der Waals surface area contributed by atoms with E-state index in [4.69, 9.17) is 11.6 Å². The normalized spacial score (nSPS) is 10.8. The highest BCUT2D eigenvalue weighted by Crippen LogP contribution is 2.22. The molecule has 152 valence electrons. The van der Waals surface area contributed by atoms with Gasteiger partial charge in [0.1, 0.15) is 12.1 Å². The molecule has 2 aromatic heterocycles. The number of nitrogens with one attached hydrogen (secondary N) is 1. The zero-order chi connectivity index (χ0) is 21.1. The van der Waals surface area contributed by atoms with Gasteiger partial charge in [-0.2, -0.15) is 5.10 Å². The molecule has 0 saturated carbocycles. The summed E-state index contributed by atoms with van der Waals surface area (Å²) in [7, 11) is 3.86. The van der Waals surface area contributed by atoms with E-state index >= 15 is 0 Å². The minimum atomic E-state index is -0.0427. The first kappa shape index (κ1) is 20.8. The Hall–Kier alpha value is -2.93. The number of nitrogens with zero attached hydrogens (tertiary/aromatic N) is 5. The number of benzene rings is 1. The smallest absolute Gasteiger partial charge is 0.224 e. The van der Waals surface area contributed by atoms with Crippen LogP contribution in [0.4, 0.5) is 11.5 Å². The van der Waals surface area contributed by atoms with Crippen molar-refractivity contribution in [2.24, 2.45) is 0 Å². The first-order chi connectivity index (χ1) is 13.8. The Kier molecular flexibility index (Phi) is 6.17. The van der Waals surface area contributed by atoms with Gasteiger partial charge in [0.25, 0.3) is 0 Å². The SMILES string of the molecule is Cc1cc(Cl)ccc1NC(=O)CCc1c(C)nn(-c2cc(N(C)C)ncn2)c1C. The Morgan fingerprint density at radius 2 is 1.93 bits per heavy atom. The lowest BCUT2D eigenvalue weighted by atomic mass is 10.1. The zero-order valence-corrected chi connectivity index (χ0v) is 18.1. The zero-order valence-electron chi connectivity index (χ0n) is 17.3. The minimum absolute atomic E-state index is 0.0427. The van der Waals surface area contributed by atoms with Crippen LogP contribution in [0.25, 0.3) is 5.82 Å². The van der Waals surface area contributed by atoms with Crippen molar-refractivity contribution in [1.29, 1.82) is 0 Å². The molecule has 0 radical (unpaired) electrons. The van der Waals surface area contributed by atoms with Crippen molar-refractivity contribution in [2.75, 3.05) is 24.3 Å². The van der Waals surface area contributed by atoms with Gasteiger partial charge in [-0.05, 0) is 56.5 Å². The van der Waals surface area contributed by atoms with Gasteiger partial charge in [0.2, 0.25) is 5.91 Å². The molecule has 0 saturated heterocycles. The van der Waals surface area contributed by atoms with Gasteiger partial charge in [-0.15, -0.1) is 0 Å². The second-order valence-electron chi connectivity index (χ2n) is 7.20. The molecular weight excluding hydrogens is 388 g/mol. The Morgan fingerprint density at radius 1 is 1.17 bits per heavy atom. The maximum Gasteiger partial charge on any atom is 0.224 e. The standard InChI is InChI=1S/C21H25ClN6O/c1-13-10-16(22)6-8-18(13)25-21(29)9-7-17-14(2)26-28(15(17)3)20-11-19(27(4)5)23-12-24-20/h6,8,10-12H,7,9H2,1-5H3,(H,25,29). The van der Waals surface area contributed by atoms with Crippen molar-refractivity contribution in [3.8, 4) is 5.82 Å². The fourth-order valence-electron chi connectivity index (χ4n) is 3.18. The molecule has 3 rings (SSSR count). The van der Waals surface area contributed by atoms with E-state index in [0.717, 1.165) is 34.0 Å². The van der Waals surface area contributed by atoms with Gasteiger partial charge in [-0.25, -0.2) is 14.6 Å². The summed E-state index contributed by atoms with van der Waals surface area (Å²) >= 11 is 5.98. The average Bonchev–Trinajstić information content (AvgIpc) is 2.96. The summed E-state index contributed by atoms with van der Waals surface area (Å²) < 4.78 is 1.81. The molecule has 1 N–H and O–H groups in total. The molecule has 7 nitrogen and oxygen atoms in total. The fraction of sp³-hybridized carbons (Fsp3) is 0.333. The van der Waals surface area contributed by atoms with Crippen molar-refractivity contribution < 1.29 is 4.79 Å². The maximum absolute atomic E-state index is 12.4. The van der Waals surface area contributed by atoms with Gasteiger partial charge in [0.05, 0.1) is 5.69 Å². The predicted molar refractivity (Wildman–Crippen MR) is 116 cm³/mol. The molecule has 0 aliphatic rings. The topological polar surface area (TPSA) is 75.9 Å². The molecule has 0 atom stereocenters. The van der Waals surface area contributed by atoms with Crippen LogP contribution in [0.3, 0.4) is 0 Å². The molecule has 1 amide bonds. The summed E-state index contributed by atoms with van der Waals surface area (Å²) in [6.45, 7) is 5.87. The number of amides is 1.